The first kappa shape index (κ1) is 9.51. The van der Waals surface area contributed by atoms with Crippen molar-refractivity contribution < 1.29 is 0 Å². The lowest BCUT2D eigenvalue weighted by Crippen LogP contribution is -2.08. The fraction of sp³-hybridized carbons (Fsp3) is 0.200. The van der Waals surface area contributed by atoms with E-state index in [4.69, 9.17) is 5.73 Å². The summed E-state index contributed by atoms with van der Waals surface area (Å²) >= 11 is 0. The second-order valence-electron chi connectivity index (χ2n) is 3.15. The molecule has 2 aromatic heterocycles. The Hall–Kier alpha value is -2.04. The van der Waals surface area contributed by atoms with Crippen LogP contribution in [0, 0.1) is 0 Å². The highest BCUT2D eigenvalue weighted by Crippen LogP contribution is 2.12. The number of pyridine rings is 1. The molecule has 0 bridgehead atoms. The van der Waals surface area contributed by atoms with Gasteiger partial charge in [0.1, 0.15) is 11.6 Å². The van der Waals surface area contributed by atoms with Crippen molar-refractivity contribution in [2.24, 2.45) is 0 Å². The van der Waals surface area contributed by atoms with Crippen LogP contribution in [0.15, 0.2) is 30.7 Å². The summed E-state index contributed by atoms with van der Waals surface area (Å²) < 4.78 is 0. The number of nitrogens with zero attached hydrogens (tertiary/aromatic N) is 2. The quantitative estimate of drug-likeness (QED) is 0.693. The van der Waals surface area contributed by atoms with Crippen LogP contribution in [-0.2, 0) is 6.42 Å². The molecule has 2 rings (SSSR count). The van der Waals surface area contributed by atoms with Crippen LogP contribution in [0.3, 0.4) is 0 Å². The van der Waals surface area contributed by atoms with Crippen molar-refractivity contribution in [2.75, 3.05) is 17.6 Å². The number of H-pyrrole nitrogens is 1. The molecule has 5 nitrogen and oxygen atoms in total. The summed E-state index contributed by atoms with van der Waals surface area (Å²) in [5.41, 5.74) is 6.40. The number of aromatic amines is 1. The van der Waals surface area contributed by atoms with E-state index >= 15 is 0 Å². The molecule has 5 heteroatoms. The minimum absolute atomic E-state index is 0.664. The molecule has 0 aliphatic rings. The first-order valence-corrected chi connectivity index (χ1v) is 4.79. The van der Waals surface area contributed by atoms with Gasteiger partial charge in [-0.25, -0.2) is 9.97 Å². The van der Waals surface area contributed by atoms with Crippen LogP contribution in [0.25, 0.3) is 0 Å². The Kier molecular flexibility index (Phi) is 2.82. The Balaban J connectivity index is 1.86. The predicted molar refractivity (Wildman–Crippen MR) is 59.4 cm³/mol. The molecule has 15 heavy (non-hydrogen) atoms. The van der Waals surface area contributed by atoms with Gasteiger partial charge in [-0.3, -0.25) is 0 Å². The molecule has 0 aliphatic heterocycles. The van der Waals surface area contributed by atoms with Crippen LogP contribution in [-0.4, -0.2) is 21.5 Å². The first-order chi connectivity index (χ1) is 7.36. The monoisotopic (exact) mass is 203 g/mol. The summed E-state index contributed by atoms with van der Waals surface area (Å²) in [6.45, 7) is 0.759. The second-order valence-corrected chi connectivity index (χ2v) is 3.15. The lowest BCUT2D eigenvalue weighted by Gasteiger charge is -2.06. The Morgan fingerprint density at radius 1 is 1.33 bits per heavy atom. The summed E-state index contributed by atoms with van der Waals surface area (Å²) in [7, 11) is 0. The molecule has 0 aromatic carbocycles. The predicted octanol–water partition coefficient (Wildman–Crippen LogP) is 1.04. The van der Waals surface area contributed by atoms with Crippen LogP contribution in [0.1, 0.15) is 5.82 Å². The smallest absolute Gasteiger partial charge is 0.149 e. The fourth-order valence-electron chi connectivity index (χ4n) is 1.30. The molecular weight excluding hydrogens is 190 g/mol. The number of hydrogen-bond donors (Lipinski definition) is 3. The fourth-order valence-corrected chi connectivity index (χ4v) is 1.30. The molecule has 0 fully saturated rings. The number of nitrogens with one attached hydrogen (secondary N) is 2. The van der Waals surface area contributed by atoms with Crippen LogP contribution in [0.2, 0.25) is 0 Å². The number of aromatic nitrogens is 3. The van der Waals surface area contributed by atoms with Gasteiger partial charge in [-0.05, 0) is 12.1 Å². The molecule has 2 aromatic rings. The first-order valence-electron chi connectivity index (χ1n) is 4.79. The summed E-state index contributed by atoms with van der Waals surface area (Å²) in [5.74, 6) is 1.68. The molecule has 0 aliphatic carbocycles. The van der Waals surface area contributed by atoms with Crippen molar-refractivity contribution in [1.82, 2.24) is 15.0 Å². The highest BCUT2D eigenvalue weighted by atomic mass is 15.0. The van der Waals surface area contributed by atoms with E-state index in [-0.39, 0.29) is 0 Å². The summed E-state index contributed by atoms with van der Waals surface area (Å²) in [6.07, 6.45) is 6.09. The second kappa shape index (κ2) is 4.45. The maximum Gasteiger partial charge on any atom is 0.149 e. The molecule has 0 unspecified atom stereocenters. The average molecular weight is 203 g/mol. The summed E-state index contributed by atoms with van der Waals surface area (Å²) in [6, 6.07) is 3.63. The van der Waals surface area contributed by atoms with Gasteiger partial charge in [0.25, 0.3) is 0 Å². The van der Waals surface area contributed by atoms with Crippen molar-refractivity contribution in [2.45, 2.75) is 6.42 Å². The summed E-state index contributed by atoms with van der Waals surface area (Å²) in [5, 5.41) is 3.16. The maximum absolute atomic E-state index is 5.73. The van der Waals surface area contributed by atoms with Crippen molar-refractivity contribution in [3.8, 4) is 0 Å². The minimum Gasteiger partial charge on any atom is -0.396 e. The van der Waals surface area contributed by atoms with Crippen LogP contribution in [0.5, 0.6) is 0 Å². The lowest BCUT2D eigenvalue weighted by molar-refractivity contribution is 0.922. The molecule has 0 atom stereocenters. The highest BCUT2D eigenvalue weighted by Gasteiger charge is 1.98. The third-order valence-corrected chi connectivity index (χ3v) is 2.05. The molecule has 0 saturated heterocycles. The number of nitrogen functional groups attached to an aromatic ring is 1. The third-order valence-electron chi connectivity index (χ3n) is 2.05. The number of nitrogens with two attached hydrogens (primary N) is 1. The van der Waals surface area contributed by atoms with E-state index in [1.165, 1.54) is 0 Å². The molecule has 0 amide bonds. The zero-order valence-electron chi connectivity index (χ0n) is 8.27. The molecule has 0 radical (unpaired) electrons. The lowest BCUT2D eigenvalue weighted by atomic mass is 10.3. The maximum atomic E-state index is 5.73. The van der Waals surface area contributed by atoms with E-state index in [1.54, 1.807) is 12.4 Å². The van der Waals surface area contributed by atoms with Crippen LogP contribution < -0.4 is 11.1 Å². The standard InChI is InChI=1S/C10H13N5/c11-8-2-1-4-14-10(8)15-5-3-9-12-6-7-13-9/h1-2,4,6-7H,3,5,11H2,(H,12,13)(H,14,15). The van der Waals surface area contributed by atoms with Crippen molar-refractivity contribution >= 4 is 11.5 Å². The van der Waals surface area contributed by atoms with Gasteiger partial charge in [-0.1, -0.05) is 0 Å². The van der Waals surface area contributed by atoms with Gasteiger partial charge in [0.2, 0.25) is 0 Å². The van der Waals surface area contributed by atoms with Gasteiger partial charge >= 0.3 is 0 Å². The van der Waals surface area contributed by atoms with Crippen LogP contribution >= 0.6 is 0 Å². The Morgan fingerprint density at radius 3 is 3.00 bits per heavy atom. The third kappa shape index (κ3) is 2.46. The van der Waals surface area contributed by atoms with E-state index in [2.05, 4.69) is 20.3 Å². The van der Waals surface area contributed by atoms with Crippen molar-refractivity contribution in [1.29, 1.82) is 0 Å². The minimum atomic E-state index is 0.664. The number of anilines is 2. The largest absolute Gasteiger partial charge is 0.396 e. The number of rotatable bonds is 4. The van der Waals surface area contributed by atoms with Gasteiger partial charge in [0.15, 0.2) is 0 Å². The Morgan fingerprint density at radius 2 is 2.27 bits per heavy atom. The average Bonchev–Trinajstić information content (AvgIpc) is 2.74. The van der Waals surface area contributed by atoms with E-state index in [9.17, 15) is 0 Å². The molecule has 0 spiro atoms. The Labute approximate surface area is 87.8 Å². The van der Waals surface area contributed by atoms with Crippen molar-refractivity contribution in [3.05, 3.63) is 36.5 Å². The van der Waals surface area contributed by atoms with Crippen molar-refractivity contribution in [3.63, 3.8) is 0 Å². The van der Waals surface area contributed by atoms with E-state index < -0.39 is 0 Å². The van der Waals surface area contributed by atoms with Gasteiger partial charge in [0.05, 0.1) is 5.69 Å². The molecular formula is C10H13N5. The molecule has 0 saturated carbocycles. The SMILES string of the molecule is Nc1cccnc1NCCc1ncc[nH]1. The Bertz CT molecular complexity index is 410. The molecule has 2 heterocycles. The van der Waals surface area contributed by atoms with Gasteiger partial charge in [-0.15, -0.1) is 0 Å². The normalized spacial score (nSPS) is 10.1. The topological polar surface area (TPSA) is 79.6 Å². The van der Waals surface area contributed by atoms with Gasteiger partial charge in [0, 0.05) is 31.6 Å². The van der Waals surface area contributed by atoms with E-state index in [0.717, 1.165) is 24.6 Å². The molecule has 78 valence electrons. The van der Waals surface area contributed by atoms with E-state index in [1.807, 2.05) is 18.3 Å². The zero-order valence-corrected chi connectivity index (χ0v) is 8.27. The van der Waals surface area contributed by atoms with Gasteiger partial charge in [-0.2, -0.15) is 0 Å². The number of imidazole rings is 1. The highest BCUT2D eigenvalue weighted by molar-refractivity contribution is 5.60. The summed E-state index contributed by atoms with van der Waals surface area (Å²) in [4.78, 5) is 11.3. The van der Waals surface area contributed by atoms with Gasteiger partial charge < -0.3 is 16.0 Å². The zero-order chi connectivity index (χ0) is 10.5. The van der Waals surface area contributed by atoms with E-state index in [0.29, 0.717) is 5.69 Å². The number of hydrogen-bond acceptors (Lipinski definition) is 4. The molecule has 4 N–H and O–H groups in total. The van der Waals surface area contributed by atoms with Crippen LogP contribution in [0.4, 0.5) is 11.5 Å².